The molecule has 4 aromatic rings. The molecule has 0 saturated carbocycles. The van der Waals surface area contributed by atoms with Crippen LogP contribution in [0.3, 0.4) is 0 Å². The molecule has 1 saturated heterocycles. The first-order chi connectivity index (χ1) is 18.6. The molecule has 1 N–H and O–H groups in total. The fourth-order valence-electron chi connectivity index (χ4n) is 4.69. The number of piperazine rings is 1. The number of amides is 2. The van der Waals surface area contributed by atoms with E-state index >= 15 is 0 Å². The van der Waals surface area contributed by atoms with Gasteiger partial charge in [-0.3, -0.25) is 14.3 Å². The largest absolute Gasteiger partial charge is 0.416 e. The lowest BCUT2D eigenvalue weighted by molar-refractivity contribution is -0.137. The number of carbonyl (C=O) groups is 1. The lowest BCUT2D eigenvalue weighted by atomic mass is 10.1. The van der Waals surface area contributed by atoms with Crippen molar-refractivity contribution in [2.24, 2.45) is 0 Å². The average Bonchev–Trinajstić information content (AvgIpc) is 2.93. The Kier molecular flexibility index (Phi) is 7.09. The highest BCUT2D eigenvalue weighted by atomic mass is 19.4. The minimum Gasteiger partial charge on any atom is -0.322 e. The van der Waals surface area contributed by atoms with Crippen LogP contribution >= 0.6 is 0 Å². The third-order valence-corrected chi connectivity index (χ3v) is 6.87. The molecule has 0 aliphatic carbocycles. The SMILES string of the molecule is CC(c1nc2ccccc2c(=O)n1-c1ccc(F)cc1)N1CCN(C(=O)Nc2ccc(C(F)(F)F)cc2)CC1. The van der Waals surface area contributed by atoms with E-state index in [1.807, 2.05) is 6.92 Å². The summed E-state index contributed by atoms with van der Waals surface area (Å²) in [5.41, 5.74) is 0.272. The second-order valence-electron chi connectivity index (χ2n) is 9.31. The summed E-state index contributed by atoms with van der Waals surface area (Å²) < 4.78 is 53.5. The van der Waals surface area contributed by atoms with Gasteiger partial charge in [-0.2, -0.15) is 13.2 Å². The van der Waals surface area contributed by atoms with Crippen LogP contribution in [0.15, 0.2) is 77.6 Å². The van der Waals surface area contributed by atoms with E-state index in [4.69, 9.17) is 4.98 Å². The molecular formula is C28H25F4N5O2. The molecule has 2 amide bonds. The summed E-state index contributed by atoms with van der Waals surface area (Å²) in [4.78, 5) is 34.7. The monoisotopic (exact) mass is 539 g/mol. The van der Waals surface area contributed by atoms with Gasteiger partial charge in [0.2, 0.25) is 0 Å². The average molecular weight is 540 g/mol. The second-order valence-corrected chi connectivity index (χ2v) is 9.31. The van der Waals surface area contributed by atoms with E-state index < -0.39 is 23.6 Å². The molecule has 1 aliphatic rings. The number of anilines is 1. The topological polar surface area (TPSA) is 70.5 Å². The highest BCUT2D eigenvalue weighted by Crippen LogP contribution is 2.30. The molecule has 2 heterocycles. The van der Waals surface area contributed by atoms with Crippen LogP contribution in [0.5, 0.6) is 0 Å². The number of aromatic nitrogens is 2. The molecule has 7 nitrogen and oxygen atoms in total. The maximum absolute atomic E-state index is 13.6. The first kappa shape index (κ1) is 26.4. The van der Waals surface area contributed by atoms with Crippen molar-refractivity contribution in [3.63, 3.8) is 0 Å². The zero-order valence-corrected chi connectivity index (χ0v) is 21.0. The Bertz CT molecular complexity index is 1540. The minimum atomic E-state index is -4.45. The Morgan fingerprint density at radius 1 is 0.923 bits per heavy atom. The molecule has 0 radical (unpaired) electrons. The molecule has 5 rings (SSSR count). The predicted molar refractivity (Wildman–Crippen MR) is 139 cm³/mol. The van der Waals surface area contributed by atoms with Gasteiger partial charge in [0.05, 0.1) is 28.2 Å². The summed E-state index contributed by atoms with van der Waals surface area (Å²) in [6.07, 6.45) is -4.45. The van der Waals surface area contributed by atoms with E-state index in [9.17, 15) is 27.2 Å². The van der Waals surface area contributed by atoms with E-state index in [2.05, 4.69) is 10.2 Å². The smallest absolute Gasteiger partial charge is 0.322 e. The fourth-order valence-corrected chi connectivity index (χ4v) is 4.69. The quantitative estimate of drug-likeness (QED) is 0.350. The number of nitrogens with zero attached hydrogens (tertiary/aromatic N) is 4. The Morgan fingerprint density at radius 3 is 2.21 bits per heavy atom. The third kappa shape index (κ3) is 5.49. The molecule has 11 heteroatoms. The highest BCUT2D eigenvalue weighted by Gasteiger charge is 2.31. The first-order valence-electron chi connectivity index (χ1n) is 12.4. The van der Waals surface area contributed by atoms with Crippen LogP contribution in [0.4, 0.5) is 28.0 Å². The van der Waals surface area contributed by atoms with Crippen molar-refractivity contribution in [1.29, 1.82) is 0 Å². The molecule has 3 aromatic carbocycles. The number of fused-ring (bicyclic) bond motifs is 1. The van der Waals surface area contributed by atoms with Gasteiger partial charge < -0.3 is 10.2 Å². The van der Waals surface area contributed by atoms with Gasteiger partial charge in [0.25, 0.3) is 5.56 Å². The molecule has 1 aliphatic heterocycles. The normalized spacial score (nSPS) is 15.4. The third-order valence-electron chi connectivity index (χ3n) is 6.87. The van der Waals surface area contributed by atoms with Gasteiger partial charge in [-0.1, -0.05) is 12.1 Å². The molecule has 1 fully saturated rings. The van der Waals surface area contributed by atoms with Crippen LogP contribution < -0.4 is 10.9 Å². The Balaban J connectivity index is 1.33. The number of para-hydroxylation sites is 1. The van der Waals surface area contributed by atoms with Crippen LogP contribution in [0, 0.1) is 5.82 Å². The minimum absolute atomic E-state index is 0.261. The Morgan fingerprint density at radius 2 is 1.56 bits per heavy atom. The number of urea groups is 1. The van der Waals surface area contributed by atoms with E-state index in [0.29, 0.717) is 48.6 Å². The summed E-state index contributed by atoms with van der Waals surface area (Å²) in [5, 5.41) is 3.09. The summed E-state index contributed by atoms with van der Waals surface area (Å²) in [6.45, 7) is 3.62. The van der Waals surface area contributed by atoms with Crippen molar-refractivity contribution < 1.29 is 22.4 Å². The summed E-state index contributed by atoms with van der Waals surface area (Å²) in [5.74, 6) is 0.0776. The van der Waals surface area contributed by atoms with Gasteiger partial charge in [0, 0.05) is 31.9 Å². The van der Waals surface area contributed by atoms with E-state index in [1.54, 1.807) is 29.2 Å². The van der Waals surface area contributed by atoms with Gasteiger partial charge in [-0.15, -0.1) is 0 Å². The maximum atomic E-state index is 13.6. The molecule has 1 aromatic heterocycles. The molecule has 39 heavy (non-hydrogen) atoms. The van der Waals surface area contributed by atoms with Crippen LogP contribution in [0.1, 0.15) is 24.4 Å². The van der Waals surface area contributed by atoms with Crippen molar-refractivity contribution in [3.8, 4) is 5.69 Å². The van der Waals surface area contributed by atoms with Gasteiger partial charge >= 0.3 is 12.2 Å². The number of hydrogen-bond acceptors (Lipinski definition) is 4. The number of hydrogen-bond donors (Lipinski definition) is 1. The number of alkyl halides is 3. The Hall–Kier alpha value is -4.25. The highest BCUT2D eigenvalue weighted by molar-refractivity contribution is 5.89. The van der Waals surface area contributed by atoms with Gasteiger partial charge in [-0.25, -0.2) is 14.2 Å². The van der Waals surface area contributed by atoms with Crippen LogP contribution in [0.2, 0.25) is 0 Å². The number of benzene rings is 3. The molecular weight excluding hydrogens is 514 g/mol. The van der Waals surface area contributed by atoms with Gasteiger partial charge in [0.15, 0.2) is 0 Å². The van der Waals surface area contributed by atoms with Crippen LogP contribution in [-0.4, -0.2) is 51.6 Å². The maximum Gasteiger partial charge on any atom is 0.416 e. The number of rotatable bonds is 4. The molecule has 202 valence electrons. The first-order valence-corrected chi connectivity index (χ1v) is 12.4. The summed E-state index contributed by atoms with van der Waals surface area (Å²) in [7, 11) is 0. The summed E-state index contributed by atoms with van der Waals surface area (Å²) >= 11 is 0. The number of carbonyl (C=O) groups excluding carboxylic acids is 1. The number of halogens is 4. The lowest BCUT2D eigenvalue weighted by Crippen LogP contribution is -2.51. The van der Waals surface area contributed by atoms with Crippen LogP contribution in [0.25, 0.3) is 16.6 Å². The van der Waals surface area contributed by atoms with E-state index in [1.165, 1.54) is 41.0 Å². The molecule has 0 spiro atoms. The van der Waals surface area contributed by atoms with Crippen molar-refractivity contribution in [2.75, 3.05) is 31.5 Å². The predicted octanol–water partition coefficient (Wildman–Crippen LogP) is 5.45. The molecule has 1 unspecified atom stereocenters. The number of nitrogens with one attached hydrogen (secondary N) is 1. The van der Waals surface area contributed by atoms with Crippen molar-refractivity contribution in [2.45, 2.75) is 19.1 Å². The van der Waals surface area contributed by atoms with Gasteiger partial charge in [-0.05, 0) is 67.6 Å². The van der Waals surface area contributed by atoms with E-state index in [-0.39, 0.29) is 17.3 Å². The van der Waals surface area contributed by atoms with Gasteiger partial charge in [0.1, 0.15) is 11.6 Å². The Labute approximate surface area is 221 Å². The zero-order chi connectivity index (χ0) is 27.7. The van der Waals surface area contributed by atoms with Crippen LogP contribution in [-0.2, 0) is 6.18 Å². The van der Waals surface area contributed by atoms with Crippen molar-refractivity contribution >= 4 is 22.6 Å². The van der Waals surface area contributed by atoms with Crippen molar-refractivity contribution in [1.82, 2.24) is 19.4 Å². The molecule has 0 bridgehead atoms. The lowest BCUT2D eigenvalue weighted by Gasteiger charge is -2.38. The summed E-state index contributed by atoms with van der Waals surface area (Å²) in [6, 6.07) is 16.3. The fraction of sp³-hybridized carbons (Fsp3) is 0.250. The standard InChI is InChI=1S/C28H25F4N5O2/c1-18(25-34-24-5-3-2-4-23(24)26(38)37(25)22-12-8-20(29)9-13-22)35-14-16-36(17-15-35)27(39)33-21-10-6-19(7-11-21)28(30,31)32/h2-13,18H,14-17H2,1H3,(H,33,39). The second kappa shape index (κ2) is 10.5. The van der Waals surface area contributed by atoms with Crippen molar-refractivity contribution in [3.05, 3.63) is 100 Å². The molecule has 1 atom stereocenters. The zero-order valence-electron chi connectivity index (χ0n) is 21.0. The van der Waals surface area contributed by atoms with E-state index in [0.717, 1.165) is 12.1 Å².